The SMILES string of the molecule is CCC(Cc1ccc(C(F)(F)F)cc1)C(C)=O. The van der Waals surface area contributed by atoms with Gasteiger partial charge in [-0.15, -0.1) is 0 Å². The van der Waals surface area contributed by atoms with E-state index in [9.17, 15) is 18.0 Å². The maximum absolute atomic E-state index is 12.3. The lowest BCUT2D eigenvalue weighted by molar-refractivity contribution is -0.137. The number of rotatable bonds is 4. The molecule has 0 aliphatic carbocycles. The second kappa shape index (κ2) is 5.34. The molecule has 0 aliphatic rings. The van der Waals surface area contributed by atoms with E-state index in [0.29, 0.717) is 12.8 Å². The van der Waals surface area contributed by atoms with Gasteiger partial charge in [-0.2, -0.15) is 13.2 Å². The first-order chi connectivity index (χ1) is 7.84. The predicted octanol–water partition coefficient (Wildman–Crippen LogP) is 3.86. The first-order valence-corrected chi connectivity index (χ1v) is 5.51. The number of Topliss-reactive ketones (excluding diaryl/α,β-unsaturated/α-hetero) is 1. The van der Waals surface area contributed by atoms with E-state index in [-0.39, 0.29) is 11.7 Å². The molecule has 0 saturated carbocycles. The van der Waals surface area contributed by atoms with Crippen LogP contribution in [0, 0.1) is 5.92 Å². The van der Waals surface area contributed by atoms with Crippen LogP contribution in [-0.2, 0) is 17.4 Å². The molecule has 0 fully saturated rings. The smallest absolute Gasteiger partial charge is 0.300 e. The Balaban J connectivity index is 2.78. The van der Waals surface area contributed by atoms with Gasteiger partial charge in [0, 0.05) is 5.92 Å². The number of ketones is 1. The Kier molecular flexibility index (Phi) is 4.32. The molecule has 0 amide bonds. The summed E-state index contributed by atoms with van der Waals surface area (Å²) < 4.78 is 37.0. The van der Waals surface area contributed by atoms with Gasteiger partial charge >= 0.3 is 6.18 Å². The fourth-order valence-corrected chi connectivity index (χ4v) is 1.69. The van der Waals surface area contributed by atoms with E-state index in [1.54, 1.807) is 0 Å². The average Bonchev–Trinajstić information content (AvgIpc) is 2.25. The van der Waals surface area contributed by atoms with Gasteiger partial charge in [0.1, 0.15) is 5.78 Å². The Hall–Kier alpha value is -1.32. The highest BCUT2D eigenvalue weighted by Gasteiger charge is 2.30. The van der Waals surface area contributed by atoms with Gasteiger partial charge in [-0.1, -0.05) is 19.1 Å². The largest absolute Gasteiger partial charge is 0.416 e. The van der Waals surface area contributed by atoms with Crippen molar-refractivity contribution in [3.8, 4) is 0 Å². The molecule has 1 rings (SSSR count). The zero-order chi connectivity index (χ0) is 13.1. The number of halogens is 3. The molecule has 0 saturated heterocycles. The molecule has 1 atom stereocenters. The van der Waals surface area contributed by atoms with Crippen LogP contribution in [0.15, 0.2) is 24.3 Å². The zero-order valence-corrected chi connectivity index (χ0v) is 9.84. The van der Waals surface area contributed by atoms with Gasteiger partial charge in [-0.05, 0) is 37.5 Å². The minimum atomic E-state index is -4.30. The van der Waals surface area contributed by atoms with Crippen molar-refractivity contribution in [3.05, 3.63) is 35.4 Å². The Bertz CT molecular complexity index is 379. The van der Waals surface area contributed by atoms with Crippen LogP contribution in [-0.4, -0.2) is 5.78 Å². The number of hydrogen-bond donors (Lipinski definition) is 0. The number of hydrogen-bond acceptors (Lipinski definition) is 1. The average molecular weight is 244 g/mol. The molecule has 0 aromatic heterocycles. The number of carbonyl (C=O) groups is 1. The summed E-state index contributed by atoms with van der Waals surface area (Å²) in [6.07, 6.45) is -3.09. The van der Waals surface area contributed by atoms with Crippen LogP contribution in [0.1, 0.15) is 31.4 Å². The van der Waals surface area contributed by atoms with E-state index in [2.05, 4.69) is 0 Å². The summed E-state index contributed by atoms with van der Waals surface area (Å²) in [5.41, 5.74) is 0.108. The summed E-state index contributed by atoms with van der Waals surface area (Å²) >= 11 is 0. The minimum absolute atomic E-state index is 0.0763. The third-order valence-corrected chi connectivity index (χ3v) is 2.83. The van der Waals surface area contributed by atoms with Crippen LogP contribution in [0.4, 0.5) is 13.2 Å². The van der Waals surface area contributed by atoms with Crippen LogP contribution in [0.25, 0.3) is 0 Å². The number of benzene rings is 1. The molecule has 1 aromatic rings. The molecule has 4 heteroatoms. The van der Waals surface area contributed by atoms with Gasteiger partial charge in [0.05, 0.1) is 5.56 Å². The predicted molar refractivity (Wildman–Crippen MR) is 59.6 cm³/mol. The normalized spacial score (nSPS) is 13.5. The molecule has 1 aromatic carbocycles. The molecular formula is C13H15F3O. The standard InChI is InChI=1S/C13H15F3O/c1-3-11(9(2)17)8-10-4-6-12(7-5-10)13(14,15)16/h4-7,11H,3,8H2,1-2H3. The van der Waals surface area contributed by atoms with Crippen molar-refractivity contribution >= 4 is 5.78 Å². The summed E-state index contributed by atoms with van der Waals surface area (Å²) in [5, 5.41) is 0. The molecule has 1 nitrogen and oxygen atoms in total. The molecule has 0 aliphatic heterocycles. The van der Waals surface area contributed by atoms with Gasteiger partial charge in [-0.25, -0.2) is 0 Å². The van der Waals surface area contributed by atoms with Crippen LogP contribution in [0.5, 0.6) is 0 Å². The van der Waals surface area contributed by atoms with E-state index in [1.165, 1.54) is 19.1 Å². The zero-order valence-electron chi connectivity index (χ0n) is 9.84. The van der Waals surface area contributed by atoms with Crippen molar-refractivity contribution < 1.29 is 18.0 Å². The van der Waals surface area contributed by atoms with Gasteiger partial charge in [0.2, 0.25) is 0 Å². The molecule has 0 heterocycles. The van der Waals surface area contributed by atoms with Crippen LogP contribution < -0.4 is 0 Å². The third-order valence-electron chi connectivity index (χ3n) is 2.83. The third kappa shape index (κ3) is 3.88. The second-order valence-electron chi connectivity index (χ2n) is 4.11. The monoisotopic (exact) mass is 244 g/mol. The quantitative estimate of drug-likeness (QED) is 0.786. The van der Waals surface area contributed by atoms with Crippen molar-refractivity contribution in [2.75, 3.05) is 0 Å². The van der Waals surface area contributed by atoms with E-state index in [0.717, 1.165) is 17.7 Å². The van der Waals surface area contributed by atoms with Crippen molar-refractivity contribution in [2.24, 2.45) is 5.92 Å². The van der Waals surface area contributed by atoms with E-state index < -0.39 is 11.7 Å². The number of carbonyl (C=O) groups excluding carboxylic acids is 1. The maximum atomic E-state index is 12.3. The van der Waals surface area contributed by atoms with Gasteiger partial charge < -0.3 is 0 Å². The van der Waals surface area contributed by atoms with Crippen LogP contribution in [0.3, 0.4) is 0 Å². The summed E-state index contributed by atoms with van der Waals surface area (Å²) in [4.78, 5) is 11.2. The highest BCUT2D eigenvalue weighted by molar-refractivity contribution is 5.78. The summed E-state index contributed by atoms with van der Waals surface area (Å²) in [6.45, 7) is 3.41. The lowest BCUT2D eigenvalue weighted by atomic mass is 9.93. The van der Waals surface area contributed by atoms with Crippen molar-refractivity contribution in [2.45, 2.75) is 32.9 Å². The lowest BCUT2D eigenvalue weighted by Crippen LogP contribution is -2.13. The Morgan fingerprint density at radius 3 is 2.12 bits per heavy atom. The van der Waals surface area contributed by atoms with E-state index >= 15 is 0 Å². The fourth-order valence-electron chi connectivity index (χ4n) is 1.69. The van der Waals surface area contributed by atoms with E-state index in [1.807, 2.05) is 6.92 Å². The fraction of sp³-hybridized carbons (Fsp3) is 0.462. The summed E-state index contributed by atoms with van der Waals surface area (Å²) in [5.74, 6) is -0.0286. The van der Waals surface area contributed by atoms with Gasteiger partial charge in [0.15, 0.2) is 0 Å². The first kappa shape index (κ1) is 13.7. The molecule has 0 bridgehead atoms. The molecule has 17 heavy (non-hydrogen) atoms. The molecule has 94 valence electrons. The number of alkyl halides is 3. The molecule has 0 spiro atoms. The first-order valence-electron chi connectivity index (χ1n) is 5.51. The summed E-state index contributed by atoms with van der Waals surface area (Å²) in [6, 6.07) is 4.99. The molecule has 1 unspecified atom stereocenters. The molecular weight excluding hydrogens is 229 g/mol. The molecule has 0 radical (unpaired) electrons. The highest BCUT2D eigenvalue weighted by atomic mass is 19.4. The van der Waals surface area contributed by atoms with Gasteiger partial charge in [0.25, 0.3) is 0 Å². The molecule has 0 N–H and O–H groups in total. The second-order valence-corrected chi connectivity index (χ2v) is 4.11. The Labute approximate surface area is 98.6 Å². The van der Waals surface area contributed by atoms with Crippen molar-refractivity contribution in [3.63, 3.8) is 0 Å². The maximum Gasteiger partial charge on any atom is 0.416 e. The lowest BCUT2D eigenvalue weighted by Gasteiger charge is -2.12. The van der Waals surface area contributed by atoms with Crippen LogP contribution in [0.2, 0.25) is 0 Å². The highest BCUT2D eigenvalue weighted by Crippen LogP contribution is 2.29. The Morgan fingerprint density at radius 1 is 1.24 bits per heavy atom. The summed E-state index contributed by atoms with van der Waals surface area (Å²) in [7, 11) is 0. The Morgan fingerprint density at radius 2 is 1.76 bits per heavy atom. The van der Waals surface area contributed by atoms with Crippen LogP contribution >= 0.6 is 0 Å². The van der Waals surface area contributed by atoms with Crippen molar-refractivity contribution in [1.29, 1.82) is 0 Å². The minimum Gasteiger partial charge on any atom is -0.300 e. The van der Waals surface area contributed by atoms with Gasteiger partial charge in [-0.3, -0.25) is 4.79 Å². The topological polar surface area (TPSA) is 17.1 Å². The van der Waals surface area contributed by atoms with Crippen molar-refractivity contribution in [1.82, 2.24) is 0 Å². The van der Waals surface area contributed by atoms with E-state index in [4.69, 9.17) is 0 Å².